The molecule has 0 spiro atoms. The maximum atomic E-state index is 11.5. The average Bonchev–Trinajstić information content (AvgIpc) is 2.87. The normalized spacial score (nSPS) is 10.9. The minimum Gasteiger partial charge on any atom is -0.457 e. The standard InChI is InChI=1S/C26H32N6O4/c1-19(2)25(33)35-17-21-7-11-23(12-8-21)27-29-31(5)15-16-32(6)30-28-24-13-9-22(10-14-24)18-36-26(34)20(3)4/h7-14H,1,3,15-18H2,2,4-6H3/b29-27+,30-28+. The van der Waals surface area contributed by atoms with Crippen molar-refractivity contribution in [2.24, 2.45) is 20.7 Å². The van der Waals surface area contributed by atoms with Crippen LogP contribution >= 0.6 is 0 Å². The van der Waals surface area contributed by atoms with Gasteiger partial charge in [0.15, 0.2) is 0 Å². The molecule has 0 amide bonds. The summed E-state index contributed by atoms with van der Waals surface area (Å²) in [5, 5.41) is 20.2. The highest BCUT2D eigenvalue weighted by Crippen LogP contribution is 2.16. The van der Waals surface area contributed by atoms with Crippen molar-refractivity contribution < 1.29 is 19.1 Å². The zero-order chi connectivity index (χ0) is 26.5. The third kappa shape index (κ3) is 10.3. The number of likely N-dealkylation sites (N-methyl/N-ethyl adjacent to an activating group) is 2. The molecule has 0 N–H and O–H groups in total. The molecule has 0 aliphatic rings. The van der Waals surface area contributed by atoms with Crippen LogP contribution < -0.4 is 0 Å². The van der Waals surface area contributed by atoms with E-state index in [2.05, 4.69) is 33.8 Å². The Balaban J connectivity index is 1.74. The van der Waals surface area contributed by atoms with E-state index in [1.807, 2.05) is 38.4 Å². The van der Waals surface area contributed by atoms with E-state index >= 15 is 0 Å². The van der Waals surface area contributed by atoms with Gasteiger partial charge >= 0.3 is 11.9 Å². The molecule has 0 radical (unpaired) electrons. The molecule has 2 rings (SSSR count). The van der Waals surface area contributed by atoms with Crippen molar-refractivity contribution in [2.45, 2.75) is 27.1 Å². The van der Waals surface area contributed by atoms with Gasteiger partial charge in [-0.2, -0.15) is 0 Å². The summed E-state index contributed by atoms with van der Waals surface area (Å²) in [5.74, 6) is -0.830. The van der Waals surface area contributed by atoms with Gasteiger partial charge in [0.25, 0.3) is 0 Å². The summed E-state index contributed by atoms with van der Waals surface area (Å²) in [6, 6.07) is 14.5. The Morgan fingerprint density at radius 1 is 0.694 bits per heavy atom. The van der Waals surface area contributed by atoms with Crippen molar-refractivity contribution >= 4 is 23.3 Å². The first kappa shape index (κ1) is 27.9. The molecule has 10 nitrogen and oxygen atoms in total. The lowest BCUT2D eigenvalue weighted by Crippen LogP contribution is -2.24. The van der Waals surface area contributed by atoms with Gasteiger partial charge in [-0.25, -0.2) is 9.59 Å². The summed E-state index contributed by atoms with van der Waals surface area (Å²) in [4.78, 5) is 22.9. The zero-order valence-corrected chi connectivity index (χ0v) is 21.2. The molecule has 2 aromatic rings. The van der Waals surface area contributed by atoms with E-state index < -0.39 is 11.9 Å². The molecule has 0 aliphatic carbocycles. The molecule has 0 fully saturated rings. The van der Waals surface area contributed by atoms with E-state index in [-0.39, 0.29) is 13.2 Å². The van der Waals surface area contributed by atoms with Crippen molar-refractivity contribution in [2.75, 3.05) is 27.2 Å². The Morgan fingerprint density at radius 2 is 1.03 bits per heavy atom. The lowest BCUT2D eigenvalue weighted by atomic mass is 10.2. The second-order valence-corrected chi connectivity index (χ2v) is 8.19. The molecule has 2 aromatic carbocycles. The van der Waals surface area contributed by atoms with Crippen LogP contribution in [-0.4, -0.2) is 49.1 Å². The molecule has 0 unspecified atom stereocenters. The van der Waals surface area contributed by atoms with Gasteiger partial charge in [-0.05, 0) is 49.2 Å². The van der Waals surface area contributed by atoms with E-state index in [1.165, 1.54) is 0 Å². The predicted molar refractivity (Wildman–Crippen MR) is 136 cm³/mol. The van der Waals surface area contributed by atoms with Crippen LogP contribution in [0.3, 0.4) is 0 Å². The van der Waals surface area contributed by atoms with Crippen molar-refractivity contribution in [1.82, 2.24) is 10.0 Å². The quantitative estimate of drug-likeness (QED) is 0.158. The Labute approximate surface area is 211 Å². The summed E-state index contributed by atoms with van der Waals surface area (Å²) in [6.45, 7) is 11.9. The van der Waals surface area contributed by atoms with Gasteiger partial charge in [0.1, 0.15) is 13.2 Å². The monoisotopic (exact) mass is 492 g/mol. The van der Waals surface area contributed by atoms with E-state index in [9.17, 15) is 9.59 Å². The molecule has 0 heterocycles. The molecule has 0 aliphatic heterocycles. The molecule has 36 heavy (non-hydrogen) atoms. The zero-order valence-electron chi connectivity index (χ0n) is 21.2. The number of rotatable bonds is 13. The van der Waals surface area contributed by atoms with Gasteiger partial charge < -0.3 is 9.47 Å². The van der Waals surface area contributed by atoms with Crippen LogP contribution in [0.5, 0.6) is 0 Å². The second-order valence-electron chi connectivity index (χ2n) is 8.19. The van der Waals surface area contributed by atoms with Gasteiger partial charge in [0, 0.05) is 25.2 Å². The molecule has 10 heteroatoms. The highest BCUT2D eigenvalue weighted by molar-refractivity contribution is 5.87. The number of esters is 2. The smallest absolute Gasteiger partial charge is 0.333 e. The SMILES string of the molecule is C=C(C)C(=O)OCc1ccc(/N=N/N(C)CCN(C)/N=N/c2ccc(COC(=O)C(=C)C)cc2)cc1. The molecule has 0 bridgehead atoms. The Bertz CT molecular complexity index is 1020. The third-order valence-electron chi connectivity index (χ3n) is 4.68. The number of hydrogen-bond donors (Lipinski definition) is 0. The molecule has 190 valence electrons. The highest BCUT2D eigenvalue weighted by Gasteiger charge is 2.05. The molecule has 0 atom stereocenters. The number of ether oxygens (including phenoxy) is 2. The summed E-state index contributed by atoms with van der Waals surface area (Å²) >= 11 is 0. The number of carbonyl (C=O) groups is 2. The number of nitrogens with zero attached hydrogens (tertiary/aromatic N) is 6. The number of carbonyl (C=O) groups excluding carboxylic acids is 2. The van der Waals surface area contributed by atoms with Gasteiger partial charge in [-0.1, -0.05) is 47.9 Å². The van der Waals surface area contributed by atoms with E-state index in [4.69, 9.17) is 9.47 Å². The minimum atomic E-state index is -0.415. The number of hydrogen-bond acceptors (Lipinski definition) is 8. The fourth-order valence-electron chi connectivity index (χ4n) is 2.50. The molecule has 0 saturated heterocycles. The van der Waals surface area contributed by atoms with Gasteiger partial charge in [-0.3, -0.25) is 10.0 Å². The Hall–Kier alpha value is -4.34. The summed E-state index contributed by atoms with van der Waals surface area (Å²) in [5.41, 5.74) is 3.80. The van der Waals surface area contributed by atoms with Gasteiger partial charge in [-0.15, -0.1) is 10.2 Å². The Morgan fingerprint density at radius 3 is 1.33 bits per heavy atom. The fraction of sp³-hybridized carbons (Fsp3) is 0.308. The van der Waals surface area contributed by atoms with Crippen LogP contribution in [0.1, 0.15) is 25.0 Å². The van der Waals surface area contributed by atoms with E-state index in [0.717, 1.165) is 11.1 Å². The van der Waals surface area contributed by atoms with Crippen LogP contribution in [0, 0.1) is 0 Å². The minimum absolute atomic E-state index is 0.179. The average molecular weight is 493 g/mol. The Kier molecular flexibility index (Phi) is 11.0. The van der Waals surface area contributed by atoms with Gasteiger partial charge in [0.05, 0.1) is 24.5 Å². The van der Waals surface area contributed by atoms with Crippen molar-refractivity contribution in [1.29, 1.82) is 0 Å². The van der Waals surface area contributed by atoms with Crippen LogP contribution in [0.4, 0.5) is 11.4 Å². The summed E-state index contributed by atoms with van der Waals surface area (Å²) in [7, 11) is 3.64. The third-order valence-corrected chi connectivity index (χ3v) is 4.68. The first-order valence-electron chi connectivity index (χ1n) is 11.2. The lowest BCUT2D eigenvalue weighted by molar-refractivity contribution is -0.141. The van der Waals surface area contributed by atoms with Crippen LogP contribution in [-0.2, 0) is 32.3 Å². The van der Waals surface area contributed by atoms with Crippen LogP contribution in [0.2, 0.25) is 0 Å². The fourth-order valence-corrected chi connectivity index (χ4v) is 2.50. The predicted octanol–water partition coefficient (Wildman–Crippen LogP) is 5.49. The maximum Gasteiger partial charge on any atom is 0.333 e. The van der Waals surface area contributed by atoms with E-state index in [0.29, 0.717) is 35.6 Å². The number of benzene rings is 2. The van der Waals surface area contributed by atoms with Crippen LogP contribution in [0.15, 0.2) is 93.5 Å². The van der Waals surface area contributed by atoms with Crippen molar-refractivity contribution in [3.63, 3.8) is 0 Å². The highest BCUT2D eigenvalue weighted by atomic mass is 16.5. The van der Waals surface area contributed by atoms with Crippen molar-refractivity contribution in [3.05, 3.63) is 84.0 Å². The first-order valence-corrected chi connectivity index (χ1v) is 11.2. The molecular formula is C26H32N6O4. The first-order chi connectivity index (χ1) is 17.1. The van der Waals surface area contributed by atoms with Gasteiger partial charge in [0.2, 0.25) is 0 Å². The van der Waals surface area contributed by atoms with Crippen molar-refractivity contribution in [3.8, 4) is 0 Å². The lowest BCUT2D eigenvalue weighted by Gasteiger charge is -2.15. The summed E-state index contributed by atoms with van der Waals surface area (Å²) < 4.78 is 10.2. The second kappa shape index (κ2) is 14.1. The molecule has 0 saturated carbocycles. The molecular weight excluding hydrogens is 460 g/mol. The van der Waals surface area contributed by atoms with Crippen LogP contribution in [0.25, 0.3) is 0 Å². The molecule has 0 aromatic heterocycles. The largest absolute Gasteiger partial charge is 0.457 e. The topological polar surface area (TPSA) is 109 Å². The summed E-state index contributed by atoms with van der Waals surface area (Å²) in [6.07, 6.45) is 0. The maximum absolute atomic E-state index is 11.5. The van der Waals surface area contributed by atoms with E-state index in [1.54, 1.807) is 48.1 Å².